The van der Waals surface area contributed by atoms with Gasteiger partial charge in [0, 0.05) is 25.2 Å². The van der Waals surface area contributed by atoms with Crippen LogP contribution in [-0.4, -0.2) is 20.8 Å². The van der Waals surface area contributed by atoms with E-state index in [4.69, 9.17) is 6.42 Å². The smallest absolute Gasteiger partial charge is 0.157 e. The van der Waals surface area contributed by atoms with Crippen molar-refractivity contribution in [3.63, 3.8) is 0 Å². The molecule has 2 aromatic heterocycles. The van der Waals surface area contributed by atoms with Gasteiger partial charge in [0.1, 0.15) is 0 Å². The van der Waals surface area contributed by atoms with Crippen LogP contribution in [0.4, 0.5) is 0 Å². The lowest BCUT2D eigenvalue weighted by molar-refractivity contribution is 0.562. The molecule has 2 heterocycles. The minimum Gasteiger partial charge on any atom is -0.300 e. The largest absolute Gasteiger partial charge is 0.300 e. The second kappa shape index (κ2) is 5.85. The van der Waals surface area contributed by atoms with E-state index in [0.717, 1.165) is 41.7 Å². The van der Waals surface area contributed by atoms with Crippen LogP contribution in [0.25, 0.3) is 11.0 Å². The second-order valence-corrected chi connectivity index (χ2v) is 4.81. The molecule has 4 nitrogen and oxygen atoms in total. The summed E-state index contributed by atoms with van der Waals surface area (Å²) in [4.78, 5) is 4.46. The molecule has 0 saturated carbocycles. The van der Waals surface area contributed by atoms with Gasteiger partial charge < -0.3 is 0 Å². The highest BCUT2D eigenvalue weighted by molar-refractivity contribution is 5.78. The molecule has 0 aliphatic rings. The molecule has 0 aromatic carbocycles. The van der Waals surface area contributed by atoms with Gasteiger partial charge in [0.05, 0.1) is 11.7 Å². The van der Waals surface area contributed by atoms with Crippen molar-refractivity contribution in [2.45, 2.75) is 39.3 Å². The number of rotatable bonds is 5. The molecule has 0 bridgehead atoms. The van der Waals surface area contributed by atoms with E-state index in [1.54, 1.807) is 0 Å². The monoisotopic (exact) mass is 256 g/mol. The highest BCUT2D eigenvalue weighted by Crippen LogP contribution is 2.16. The molecule has 1 N–H and O–H groups in total. The fourth-order valence-corrected chi connectivity index (χ4v) is 2.22. The number of hydrogen-bond acceptors (Lipinski definition) is 3. The Labute approximate surface area is 114 Å². The number of aryl methyl sites for hydroxylation is 2. The van der Waals surface area contributed by atoms with Crippen molar-refractivity contribution < 1.29 is 0 Å². The number of nitrogens with one attached hydrogen (secondary N) is 1. The molecule has 0 saturated heterocycles. The van der Waals surface area contributed by atoms with E-state index in [2.05, 4.69) is 34.3 Å². The maximum Gasteiger partial charge on any atom is 0.157 e. The minimum atomic E-state index is 0.135. The van der Waals surface area contributed by atoms with Crippen LogP contribution in [0.1, 0.15) is 31.0 Å². The van der Waals surface area contributed by atoms with Crippen molar-refractivity contribution in [1.29, 1.82) is 0 Å². The molecule has 4 heteroatoms. The van der Waals surface area contributed by atoms with E-state index in [-0.39, 0.29) is 6.04 Å². The lowest BCUT2D eigenvalue weighted by atomic mass is 10.1. The van der Waals surface area contributed by atoms with Crippen molar-refractivity contribution in [1.82, 2.24) is 20.1 Å². The van der Waals surface area contributed by atoms with Crippen LogP contribution < -0.4 is 5.32 Å². The molecule has 0 spiro atoms. The van der Waals surface area contributed by atoms with E-state index in [9.17, 15) is 0 Å². The summed E-state index contributed by atoms with van der Waals surface area (Å²) in [6.07, 6.45) is 9.47. The number of hydrogen-bond donors (Lipinski definition) is 1. The van der Waals surface area contributed by atoms with Crippen LogP contribution >= 0.6 is 0 Å². The molecule has 0 radical (unpaired) electrons. The summed E-state index contributed by atoms with van der Waals surface area (Å²) in [6, 6.07) is 2.27. The number of terminal acetylenes is 1. The molecule has 0 aliphatic heterocycles. The number of fused-ring (bicyclic) bond motifs is 1. The normalized spacial score (nSPS) is 12.5. The Morgan fingerprint density at radius 1 is 1.53 bits per heavy atom. The first-order valence-electron chi connectivity index (χ1n) is 6.63. The molecule has 0 aliphatic carbocycles. The van der Waals surface area contributed by atoms with Crippen LogP contribution in [0.5, 0.6) is 0 Å². The molecule has 1 unspecified atom stereocenters. The van der Waals surface area contributed by atoms with E-state index >= 15 is 0 Å². The minimum absolute atomic E-state index is 0.135. The third kappa shape index (κ3) is 2.94. The predicted molar refractivity (Wildman–Crippen MR) is 77.6 cm³/mol. The van der Waals surface area contributed by atoms with Crippen LogP contribution in [-0.2, 0) is 13.6 Å². The fourth-order valence-electron chi connectivity index (χ4n) is 2.22. The van der Waals surface area contributed by atoms with Crippen LogP contribution in [0, 0.1) is 19.3 Å². The fraction of sp³-hybridized carbons (Fsp3) is 0.467. The standard InChI is InChI=1S/C15H20N4/c1-5-7-13(6-2)16-9-12-8-14-11(3)18-19(4)15(14)17-10-12/h2,8,10,13,16H,5,7,9H2,1,3-4H3. The zero-order valence-electron chi connectivity index (χ0n) is 11.8. The molecular formula is C15H20N4. The Kier molecular flexibility index (Phi) is 4.18. The lowest BCUT2D eigenvalue weighted by Gasteiger charge is -2.11. The highest BCUT2D eigenvalue weighted by Gasteiger charge is 2.08. The summed E-state index contributed by atoms with van der Waals surface area (Å²) in [5.74, 6) is 2.78. The topological polar surface area (TPSA) is 42.7 Å². The van der Waals surface area contributed by atoms with Crippen LogP contribution in [0.2, 0.25) is 0 Å². The van der Waals surface area contributed by atoms with Gasteiger partial charge in [-0.25, -0.2) is 4.98 Å². The number of aromatic nitrogens is 3. The van der Waals surface area contributed by atoms with Crippen molar-refractivity contribution >= 4 is 11.0 Å². The second-order valence-electron chi connectivity index (χ2n) is 4.81. The van der Waals surface area contributed by atoms with Gasteiger partial charge >= 0.3 is 0 Å². The Morgan fingerprint density at radius 2 is 2.32 bits per heavy atom. The molecule has 2 aromatic rings. The molecular weight excluding hydrogens is 236 g/mol. The van der Waals surface area contributed by atoms with Crippen molar-refractivity contribution in [3.8, 4) is 12.3 Å². The molecule has 2 rings (SSSR count). The van der Waals surface area contributed by atoms with Gasteiger partial charge in [-0.1, -0.05) is 19.3 Å². The van der Waals surface area contributed by atoms with Crippen LogP contribution in [0.3, 0.4) is 0 Å². The first-order chi connectivity index (χ1) is 9.15. The van der Waals surface area contributed by atoms with Gasteiger partial charge in [-0.3, -0.25) is 10.00 Å². The van der Waals surface area contributed by atoms with Gasteiger partial charge in [-0.05, 0) is 25.0 Å². The summed E-state index contributed by atoms with van der Waals surface area (Å²) in [5, 5.41) is 8.85. The number of pyridine rings is 1. The zero-order valence-corrected chi connectivity index (χ0v) is 11.8. The van der Waals surface area contributed by atoms with Crippen molar-refractivity contribution in [2.75, 3.05) is 0 Å². The predicted octanol–water partition coefficient (Wildman–Crippen LogP) is 2.17. The van der Waals surface area contributed by atoms with Gasteiger partial charge in [-0.15, -0.1) is 6.42 Å². The molecule has 0 amide bonds. The van der Waals surface area contributed by atoms with Gasteiger partial charge in [0.25, 0.3) is 0 Å². The third-order valence-electron chi connectivity index (χ3n) is 3.25. The highest BCUT2D eigenvalue weighted by atomic mass is 15.3. The van der Waals surface area contributed by atoms with E-state index in [1.165, 1.54) is 0 Å². The average Bonchev–Trinajstić information content (AvgIpc) is 2.70. The molecule has 19 heavy (non-hydrogen) atoms. The average molecular weight is 256 g/mol. The summed E-state index contributed by atoms with van der Waals surface area (Å²) in [7, 11) is 1.91. The Bertz CT molecular complexity index is 606. The van der Waals surface area contributed by atoms with E-state index in [1.807, 2.05) is 24.9 Å². The van der Waals surface area contributed by atoms with Gasteiger partial charge in [0.2, 0.25) is 0 Å². The first-order valence-corrected chi connectivity index (χ1v) is 6.63. The zero-order chi connectivity index (χ0) is 13.8. The van der Waals surface area contributed by atoms with Crippen molar-refractivity contribution in [3.05, 3.63) is 23.5 Å². The van der Waals surface area contributed by atoms with Gasteiger partial charge in [0.15, 0.2) is 5.65 Å². The Morgan fingerprint density at radius 3 is 3.00 bits per heavy atom. The summed E-state index contributed by atoms with van der Waals surface area (Å²) < 4.78 is 1.81. The lowest BCUT2D eigenvalue weighted by Crippen LogP contribution is -2.26. The number of nitrogens with zero attached hydrogens (tertiary/aromatic N) is 3. The third-order valence-corrected chi connectivity index (χ3v) is 3.25. The van der Waals surface area contributed by atoms with Crippen molar-refractivity contribution in [2.24, 2.45) is 7.05 Å². The molecule has 100 valence electrons. The maximum absolute atomic E-state index is 5.50. The van der Waals surface area contributed by atoms with Crippen LogP contribution in [0.15, 0.2) is 12.3 Å². The Balaban J connectivity index is 2.14. The van der Waals surface area contributed by atoms with E-state index < -0.39 is 0 Å². The first kappa shape index (κ1) is 13.6. The molecule has 0 fully saturated rings. The summed E-state index contributed by atoms with van der Waals surface area (Å²) >= 11 is 0. The maximum atomic E-state index is 5.50. The molecule has 1 atom stereocenters. The summed E-state index contributed by atoms with van der Waals surface area (Å²) in [6.45, 7) is 4.88. The van der Waals surface area contributed by atoms with E-state index in [0.29, 0.717) is 0 Å². The summed E-state index contributed by atoms with van der Waals surface area (Å²) in [5.41, 5.74) is 3.07. The SMILES string of the molecule is C#CC(CCC)NCc1cnc2c(c1)c(C)nn2C. The quantitative estimate of drug-likeness (QED) is 0.834. The Hall–Kier alpha value is -1.86. The van der Waals surface area contributed by atoms with Gasteiger partial charge in [-0.2, -0.15) is 5.10 Å².